The number of ether oxygens (including phenoxy) is 1. The first-order chi connectivity index (χ1) is 17.0. The van der Waals surface area contributed by atoms with Crippen molar-refractivity contribution in [3.05, 3.63) is 111 Å². The van der Waals surface area contributed by atoms with Gasteiger partial charge in [0, 0.05) is 18.6 Å². The molecule has 2 aliphatic heterocycles. The average molecular weight is 485 g/mol. The lowest BCUT2D eigenvalue weighted by Crippen LogP contribution is -2.23. The van der Waals surface area contributed by atoms with Crippen LogP contribution in [0, 0.1) is 10.1 Å². The minimum absolute atomic E-state index is 0.00308. The number of thioether (sulfide) groups is 1. The molecule has 0 aromatic heterocycles. The summed E-state index contributed by atoms with van der Waals surface area (Å²) in [7, 11) is 1.63. The van der Waals surface area contributed by atoms with Crippen molar-refractivity contribution in [1.82, 2.24) is 5.01 Å². The molecule has 9 heteroatoms. The van der Waals surface area contributed by atoms with Gasteiger partial charge in [-0.2, -0.15) is 10.1 Å². The molecule has 35 heavy (non-hydrogen) atoms. The molecule has 0 radical (unpaired) electrons. The van der Waals surface area contributed by atoms with Gasteiger partial charge in [0.05, 0.1) is 28.7 Å². The third-order valence-electron chi connectivity index (χ3n) is 5.72. The number of nitrogens with zero attached hydrogens (tertiary/aromatic N) is 4. The summed E-state index contributed by atoms with van der Waals surface area (Å²) in [6, 6.07) is 23.7. The van der Waals surface area contributed by atoms with Crippen LogP contribution in [0.3, 0.4) is 0 Å². The Kier molecular flexibility index (Phi) is 6.15. The van der Waals surface area contributed by atoms with Crippen LogP contribution in [0.15, 0.2) is 93.9 Å². The molecule has 3 aromatic rings. The maximum absolute atomic E-state index is 12.7. The number of hydrogen-bond acceptors (Lipinski definition) is 7. The predicted molar refractivity (Wildman–Crippen MR) is 136 cm³/mol. The van der Waals surface area contributed by atoms with Crippen LogP contribution in [0.1, 0.15) is 29.2 Å². The van der Waals surface area contributed by atoms with Gasteiger partial charge in [0.1, 0.15) is 5.75 Å². The molecule has 0 spiro atoms. The highest BCUT2D eigenvalue weighted by Gasteiger charge is 2.36. The van der Waals surface area contributed by atoms with Gasteiger partial charge in [0.25, 0.3) is 11.6 Å². The molecule has 0 unspecified atom stereocenters. The average Bonchev–Trinajstić information content (AvgIpc) is 3.49. The number of amidine groups is 1. The molecule has 0 N–H and O–H groups in total. The Morgan fingerprint density at radius 2 is 1.77 bits per heavy atom. The van der Waals surface area contributed by atoms with Crippen molar-refractivity contribution in [2.24, 2.45) is 10.1 Å². The van der Waals surface area contributed by atoms with E-state index in [1.807, 2.05) is 59.6 Å². The van der Waals surface area contributed by atoms with Crippen molar-refractivity contribution in [3.63, 3.8) is 0 Å². The molecule has 0 aliphatic carbocycles. The zero-order valence-electron chi connectivity index (χ0n) is 18.7. The summed E-state index contributed by atoms with van der Waals surface area (Å²) in [6.45, 7) is 0. The third-order valence-corrected chi connectivity index (χ3v) is 6.70. The number of hydrogen-bond donors (Lipinski definition) is 0. The second-order valence-corrected chi connectivity index (χ2v) is 8.92. The molecule has 0 fully saturated rings. The Labute approximate surface area is 205 Å². The third kappa shape index (κ3) is 4.71. The first-order valence-electron chi connectivity index (χ1n) is 10.8. The molecule has 3 aromatic carbocycles. The van der Waals surface area contributed by atoms with Crippen molar-refractivity contribution < 1.29 is 14.5 Å². The monoisotopic (exact) mass is 484 g/mol. The Hall–Kier alpha value is -4.24. The lowest BCUT2D eigenvalue weighted by atomic mass is 9.98. The standard InChI is InChI=1S/C26H20N4O4S/c1-34-21-13-9-19(10-14-21)23-16-22(18-5-3-2-4-6-18)28-29(23)26-27-25(31)24(35-26)15-17-7-11-20(12-8-17)30(32)33/h2-15,23H,16H2,1H3/b24-15-/t23-/m0/s1. The van der Waals surface area contributed by atoms with Crippen LogP contribution in [0.2, 0.25) is 0 Å². The number of carbonyl (C=O) groups excluding carboxylic acids is 1. The summed E-state index contributed by atoms with van der Waals surface area (Å²) >= 11 is 1.25. The molecule has 174 valence electrons. The van der Waals surface area contributed by atoms with Gasteiger partial charge in [-0.1, -0.05) is 42.5 Å². The zero-order valence-corrected chi connectivity index (χ0v) is 19.5. The number of methoxy groups -OCH3 is 1. The van der Waals surface area contributed by atoms with Crippen LogP contribution in [0.4, 0.5) is 5.69 Å². The first kappa shape index (κ1) is 22.5. The van der Waals surface area contributed by atoms with Gasteiger partial charge in [-0.05, 0) is 58.8 Å². The fourth-order valence-corrected chi connectivity index (χ4v) is 4.83. The highest BCUT2D eigenvalue weighted by atomic mass is 32.2. The zero-order chi connectivity index (χ0) is 24.4. The highest BCUT2D eigenvalue weighted by molar-refractivity contribution is 8.18. The molecule has 0 saturated heterocycles. The largest absolute Gasteiger partial charge is 0.497 e. The molecule has 8 nitrogen and oxygen atoms in total. The molecule has 2 aliphatic rings. The van der Waals surface area contributed by atoms with Crippen molar-refractivity contribution in [1.29, 1.82) is 0 Å². The molecule has 1 amide bonds. The quantitative estimate of drug-likeness (QED) is 0.272. The fraction of sp³-hybridized carbons (Fsp3) is 0.115. The minimum atomic E-state index is -0.456. The Bertz CT molecular complexity index is 1370. The number of nitro benzene ring substituents is 1. The summed E-state index contributed by atoms with van der Waals surface area (Å²) in [4.78, 5) is 27.9. The van der Waals surface area contributed by atoms with Gasteiger partial charge >= 0.3 is 0 Å². The van der Waals surface area contributed by atoms with Crippen molar-refractivity contribution in [2.75, 3.05) is 7.11 Å². The maximum Gasteiger partial charge on any atom is 0.286 e. The van der Waals surface area contributed by atoms with Gasteiger partial charge in [-0.3, -0.25) is 14.9 Å². The molecule has 2 heterocycles. The van der Waals surface area contributed by atoms with E-state index in [1.165, 1.54) is 23.9 Å². The van der Waals surface area contributed by atoms with Crippen LogP contribution in [0.5, 0.6) is 5.75 Å². The summed E-state index contributed by atoms with van der Waals surface area (Å²) in [5, 5.41) is 18.1. The topological polar surface area (TPSA) is 97.4 Å². The van der Waals surface area contributed by atoms with Crippen LogP contribution in [0.25, 0.3) is 6.08 Å². The van der Waals surface area contributed by atoms with Gasteiger partial charge in [0.2, 0.25) is 0 Å². The number of non-ortho nitro benzene ring substituents is 1. The normalized spacial score (nSPS) is 18.5. The second-order valence-electron chi connectivity index (χ2n) is 7.91. The van der Waals surface area contributed by atoms with E-state index in [-0.39, 0.29) is 17.6 Å². The number of nitro groups is 1. The van der Waals surface area contributed by atoms with Crippen molar-refractivity contribution in [2.45, 2.75) is 12.5 Å². The van der Waals surface area contributed by atoms with E-state index in [9.17, 15) is 14.9 Å². The molecule has 5 rings (SSSR count). The van der Waals surface area contributed by atoms with E-state index in [0.717, 1.165) is 22.6 Å². The van der Waals surface area contributed by atoms with Crippen LogP contribution >= 0.6 is 11.8 Å². The fourth-order valence-electron chi connectivity index (χ4n) is 3.92. The van der Waals surface area contributed by atoms with Gasteiger partial charge < -0.3 is 4.74 Å². The van der Waals surface area contributed by atoms with Gasteiger partial charge in [-0.25, -0.2) is 5.01 Å². The molecular weight excluding hydrogens is 464 g/mol. The Morgan fingerprint density at radius 1 is 1.06 bits per heavy atom. The first-order valence-corrected chi connectivity index (χ1v) is 11.7. The SMILES string of the molecule is COc1ccc([C@@H]2CC(c3ccccc3)=NN2C2=NC(=O)/C(=C/c3ccc([N+](=O)[O-])cc3)S2)cc1. The van der Waals surface area contributed by atoms with Crippen molar-refractivity contribution >= 4 is 40.3 Å². The lowest BCUT2D eigenvalue weighted by molar-refractivity contribution is -0.384. The number of hydrazone groups is 1. The van der Waals surface area contributed by atoms with E-state index in [2.05, 4.69) is 4.99 Å². The predicted octanol–water partition coefficient (Wildman–Crippen LogP) is 5.43. The van der Waals surface area contributed by atoms with Crippen LogP contribution < -0.4 is 4.74 Å². The molecule has 1 atom stereocenters. The smallest absolute Gasteiger partial charge is 0.286 e. The van der Waals surface area contributed by atoms with E-state index in [1.54, 1.807) is 25.3 Å². The Morgan fingerprint density at radius 3 is 2.43 bits per heavy atom. The number of aliphatic imine (C=N–C) groups is 1. The van der Waals surface area contributed by atoms with E-state index >= 15 is 0 Å². The molecule has 0 saturated carbocycles. The van der Waals surface area contributed by atoms with E-state index < -0.39 is 4.92 Å². The summed E-state index contributed by atoms with van der Waals surface area (Å²) in [5.74, 6) is 0.402. The number of benzene rings is 3. The van der Waals surface area contributed by atoms with Gasteiger partial charge in [-0.15, -0.1) is 0 Å². The maximum atomic E-state index is 12.7. The second kappa shape index (κ2) is 9.55. The van der Waals surface area contributed by atoms with Crippen LogP contribution in [-0.2, 0) is 4.79 Å². The summed E-state index contributed by atoms with van der Waals surface area (Å²) in [5.41, 5.74) is 3.64. The molecule has 0 bridgehead atoms. The van der Waals surface area contributed by atoms with Crippen molar-refractivity contribution in [3.8, 4) is 5.75 Å². The van der Waals surface area contributed by atoms with Crippen LogP contribution in [-0.4, -0.2) is 33.8 Å². The minimum Gasteiger partial charge on any atom is -0.497 e. The number of carbonyl (C=O) groups is 1. The van der Waals surface area contributed by atoms with E-state index in [0.29, 0.717) is 22.1 Å². The molecular formula is C26H20N4O4S. The highest BCUT2D eigenvalue weighted by Crippen LogP contribution is 2.40. The lowest BCUT2D eigenvalue weighted by Gasteiger charge is -2.22. The Balaban J connectivity index is 1.44. The number of rotatable bonds is 5. The number of amides is 1. The summed E-state index contributed by atoms with van der Waals surface area (Å²) < 4.78 is 5.29. The van der Waals surface area contributed by atoms with E-state index in [4.69, 9.17) is 9.84 Å². The summed E-state index contributed by atoms with van der Waals surface area (Å²) in [6.07, 6.45) is 2.35. The van der Waals surface area contributed by atoms with Gasteiger partial charge in [0.15, 0.2) is 5.17 Å².